The fourth-order valence-corrected chi connectivity index (χ4v) is 4.25. The Morgan fingerprint density at radius 2 is 1.69 bits per heavy atom. The molecule has 29 heavy (non-hydrogen) atoms. The van der Waals surface area contributed by atoms with E-state index in [-0.39, 0.29) is 31.5 Å². The van der Waals surface area contributed by atoms with Crippen LogP contribution in [0.4, 0.5) is 5.00 Å². The largest absolute Gasteiger partial charge is 0.465 e. The van der Waals surface area contributed by atoms with E-state index >= 15 is 0 Å². The first-order chi connectivity index (χ1) is 13.5. The summed E-state index contributed by atoms with van der Waals surface area (Å²) in [5, 5.41) is 5.13. The summed E-state index contributed by atoms with van der Waals surface area (Å²) >= 11 is 0.788. The van der Waals surface area contributed by atoms with Gasteiger partial charge in [0.25, 0.3) is 0 Å². The minimum atomic E-state index is -4.04. The average molecular weight is 442 g/mol. The number of nitrogen functional groups attached to an aromatic ring is 1. The number of aryl methyl sites for hydroxylation is 1. The summed E-state index contributed by atoms with van der Waals surface area (Å²) in [6.45, 7) is 1.02. The van der Waals surface area contributed by atoms with Crippen LogP contribution in [0.25, 0.3) is 0 Å². The van der Waals surface area contributed by atoms with Crippen LogP contribution >= 0.6 is 11.3 Å². The van der Waals surface area contributed by atoms with Crippen LogP contribution in [-0.2, 0) is 30.8 Å². The van der Waals surface area contributed by atoms with Crippen molar-refractivity contribution in [2.75, 3.05) is 20.0 Å². The average Bonchev–Trinajstić information content (AvgIpc) is 3.00. The molecule has 0 radical (unpaired) electrons. The van der Waals surface area contributed by atoms with Gasteiger partial charge in [-0.2, -0.15) is 0 Å². The second-order valence-electron chi connectivity index (χ2n) is 5.73. The molecular weight excluding hydrogens is 424 g/mol. The quantitative estimate of drug-likeness (QED) is 0.494. The van der Waals surface area contributed by atoms with Crippen molar-refractivity contribution in [2.45, 2.75) is 18.4 Å². The fraction of sp³-hybridized carbons (Fsp3) is 0.235. The van der Waals surface area contributed by atoms with Crippen LogP contribution in [0.3, 0.4) is 0 Å². The van der Waals surface area contributed by atoms with E-state index in [0.29, 0.717) is 5.56 Å². The first-order valence-electron chi connectivity index (χ1n) is 7.89. The van der Waals surface area contributed by atoms with Gasteiger partial charge in [-0.3, -0.25) is 0 Å². The number of sulfonamides is 1. The number of thiophene rings is 1. The Balaban J connectivity index is 2.38. The fourth-order valence-electron chi connectivity index (χ4n) is 2.46. The number of carbonyl (C=O) groups is 3. The maximum atomic E-state index is 12.4. The summed E-state index contributed by atoms with van der Waals surface area (Å²) < 4.78 is 37.7. The molecule has 12 heteroatoms. The van der Waals surface area contributed by atoms with Gasteiger partial charge in [0, 0.05) is 5.56 Å². The smallest absolute Gasteiger partial charge is 0.348 e. The minimum Gasteiger partial charge on any atom is -0.465 e. The van der Waals surface area contributed by atoms with Crippen LogP contribution in [0, 0.1) is 6.92 Å². The number of benzene rings is 1. The van der Waals surface area contributed by atoms with Gasteiger partial charge >= 0.3 is 17.9 Å². The van der Waals surface area contributed by atoms with E-state index in [1.807, 2.05) is 0 Å². The van der Waals surface area contributed by atoms with Crippen molar-refractivity contribution in [3.8, 4) is 0 Å². The number of anilines is 1. The van der Waals surface area contributed by atoms with Gasteiger partial charge in [-0.15, -0.1) is 11.3 Å². The Hall–Kier alpha value is -2.96. The third kappa shape index (κ3) is 4.72. The number of primary sulfonamides is 1. The van der Waals surface area contributed by atoms with Crippen LogP contribution < -0.4 is 10.9 Å². The maximum Gasteiger partial charge on any atom is 0.348 e. The number of rotatable bonds is 6. The molecular formula is C17H18N2O8S2. The Morgan fingerprint density at radius 3 is 2.24 bits per heavy atom. The van der Waals surface area contributed by atoms with Crippen molar-refractivity contribution in [2.24, 2.45) is 5.14 Å². The lowest BCUT2D eigenvalue weighted by atomic mass is 10.1. The molecule has 1 aromatic heterocycles. The Bertz CT molecular complexity index is 1090. The highest BCUT2D eigenvalue weighted by atomic mass is 32.2. The molecule has 0 aliphatic rings. The first kappa shape index (κ1) is 22.3. The van der Waals surface area contributed by atoms with Crippen LogP contribution in [0.5, 0.6) is 0 Å². The second kappa shape index (κ2) is 8.59. The van der Waals surface area contributed by atoms with Crippen molar-refractivity contribution >= 4 is 44.3 Å². The second-order valence-corrected chi connectivity index (χ2v) is 8.32. The molecule has 156 valence electrons. The number of esters is 3. The summed E-state index contributed by atoms with van der Waals surface area (Å²) in [6, 6.07) is 3.84. The molecule has 1 aromatic carbocycles. The van der Waals surface area contributed by atoms with Gasteiger partial charge in [-0.1, -0.05) is 6.07 Å². The predicted molar refractivity (Wildman–Crippen MR) is 103 cm³/mol. The van der Waals surface area contributed by atoms with Crippen molar-refractivity contribution in [1.82, 2.24) is 0 Å². The van der Waals surface area contributed by atoms with Crippen molar-refractivity contribution in [3.63, 3.8) is 0 Å². The molecule has 0 bridgehead atoms. The Labute approximate surface area is 170 Å². The molecule has 0 aliphatic carbocycles. The summed E-state index contributed by atoms with van der Waals surface area (Å²) in [7, 11) is -1.76. The molecule has 2 rings (SSSR count). The molecule has 0 saturated heterocycles. The number of hydrogen-bond donors (Lipinski definition) is 2. The predicted octanol–water partition coefficient (Wildman–Crippen LogP) is 1.22. The van der Waals surface area contributed by atoms with Crippen LogP contribution in [0.1, 0.15) is 41.5 Å². The number of hydrogen-bond acceptors (Lipinski definition) is 10. The van der Waals surface area contributed by atoms with E-state index < -0.39 is 34.5 Å². The first-order valence-corrected chi connectivity index (χ1v) is 10.3. The van der Waals surface area contributed by atoms with Gasteiger partial charge in [0.05, 0.1) is 24.7 Å². The highest BCUT2D eigenvalue weighted by Gasteiger charge is 2.28. The molecule has 4 N–H and O–H groups in total. The minimum absolute atomic E-state index is 0.00449. The topological polar surface area (TPSA) is 165 Å². The zero-order chi connectivity index (χ0) is 21.9. The third-order valence-electron chi connectivity index (χ3n) is 3.87. The van der Waals surface area contributed by atoms with E-state index in [1.165, 1.54) is 19.1 Å². The molecule has 0 fully saturated rings. The molecule has 0 spiro atoms. The van der Waals surface area contributed by atoms with E-state index in [1.54, 1.807) is 0 Å². The van der Waals surface area contributed by atoms with Gasteiger partial charge in [-0.25, -0.2) is 27.9 Å². The van der Waals surface area contributed by atoms with Crippen LogP contribution in [0.2, 0.25) is 0 Å². The van der Waals surface area contributed by atoms with Crippen molar-refractivity contribution in [1.29, 1.82) is 0 Å². The molecule has 0 atom stereocenters. The van der Waals surface area contributed by atoms with Gasteiger partial charge in [0.15, 0.2) is 0 Å². The van der Waals surface area contributed by atoms with E-state index in [0.717, 1.165) is 31.6 Å². The summed E-state index contributed by atoms with van der Waals surface area (Å²) in [5.41, 5.74) is 5.99. The van der Waals surface area contributed by atoms with Crippen LogP contribution in [0.15, 0.2) is 23.1 Å². The van der Waals surface area contributed by atoms with Gasteiger partial charge in [-0.05, 0) is 24.6 Å². The van der Waals surface area contributed by atoms with E-state index in [2.05, 4.69) is 9.47 Å². The zero-order valence-corrected chi connectivity index (χ0v) is 17.3. The monoisotopic (exact) mass is 442 g/mol. The Morgan fingerprint density at radius 1 is 1.07 bits per heavy atom. The van der Waals surface area contributed by atoms with Gasteiger partial charge in [0.1, 0.15) is 22.0 Å². The molecule has 10 nitrogen and oxygen atoms in total. The summed E-state index contributed by atoms with van der Waals surface area (Å²) in [5.74, 6) is -2.48. The molecule has 0 saturated carbocycles. The molecule has 0 aliphatic heterocycles. The number of methoxy groups -OCH3 is 2. The van der Waals surface area contributed by atoms with Gasteiger partial charge in [0.2, 0.25) is 10.0 Å². The molecule has 0 unspecified atom stereocenters. The van der Waals surface area contributed by atoms with Crippen LogP contribution in [-0.4, -0.2) is 40.5 Å². The van der Waals surface area contributed by atoms with E-state index in [9.17, 15) is 22.8 Å². The molecule has 0 amide bonds. The maximum absolute atomic E-state index is 12.4. The summed E-state index contributed by atoms with van der Waals surface area (Å²) in [4.78, 5) is 36.1. The lowest BCUT2D eigenvalue weighted by Gasteiger charge is -2.09. The highest BCUT2D eigenvalue weighted by molar-refractivity contribution is 7.89. The SMILES string of the molecule is COC(=O)c1sc(N)c(C(=O)OC)c1COC(=O)c1ccc(C)c(S(N)(=O)=O)c1. The number of carbonyl (C=O) groups excluding carboxylic acids is 3. The summed E-state index contributed by atoms with van der Waals surface area (Å²) in [6.07, 6.45) is 0. The molecule has 1 heterocycles. The lowest BCUT2D eigenvalue weighted by Crippen LogP contribution is -2.16. The normalized spacial score (nSPS) is 11.0. The highest BCUT2D eigenvalue weighted by Crippen LogP contribution is 2.33. The Kier molecular flexibility index (Phi) is 6.62. The third-order valence-corrected chi connectivity index (χ3v) is 5.97. The molecule has 2 aromatic rings. The van der Waals surface area contributed by atoms with E-state index in [4.69, 9.17) is 15.6 Å². The lowest BCUT2D eigenvalue weighted by molar-refractivity contribution is 0.0452. The number of ether oxygens (including phenoxy) is 3. The van der Waals surface area contributed by atoms with Crippen molar-refractivity contribution < 1.29 is 37.0 Å². The zero-order valence-electron chi connectivity index (χ0n) is 15.7. The standard InChI is InChI=1S/C17H18N2O8S2/c1-8-4-5-9(6-11(8)29(19,23)24)15(20)27-7-10-12(16(21)25-2)14(18)28-13(10)17(22)26-3/h4-6H,7,18H2,1-3H3,(H2,19,23,24). The number of nitrogens with two attached hydrogens (primary N) is 2. The van der Waals surface area contributed by atoms with Crippen molar-refractivity contribution in [3.05, 3.63) is 45.3 Å². The van der Waals surface area contributed by atoms with Gasteiger partial charge < -0.3 is 19.9 Å².